The van der Waals surface area contributed by atoms with E-state index in [4.69, 9.17) is 0 Å². The molecule has 0 aromatic carbocycles. The van der Waals surface area contributed by atoms with Gasteiger partial charge in [-0.2, -0.15) is 0 Å². The van der Waals surface area contributed by atoms with Crippen molar-refractivity contribution in [2.45, 2.75) is 110 Å². The summed E-state index contributed by atoms with van der Waals surface area (Å²) in [5, 5.41) is 0. The standard InChI is InChI=1S/C20H38/c1-3-4-5-6-7-8-9-14-19(2)15-10-11-16-20-17-12-13-18-20/h16,19H,3-15,17-18H2,1-2H3. The first-order chi connectivity index (χ1) is 9.83. The van der Waals surface area contributed by atoms with Gasteiger partial charge in [0.2, 0.25) is 0 Å². The highest BCUT2D eigenvalue weighted by Gasteiger charge is 2.06. The summed E-state index contributed by atoms with van der Waals surface area (Å²) in [4.78, 5) is 0. The molecule has 1 aliphatic carbocycles. The molecule has 0 heterocycles. The van der Waals surface area contributed by atoms with Gasteiger partial charge in [-0.15, -0.1) is 0 Å². The van der Waals surface area contributed by atoms with Crippen LogP contribution >= 0.6 is 0 Å². The second kappa shape index (κ2) is 12.5. The lowest BCUT2D eigenvalue weighted by atomic mass is 9.96. The third kappa shape index (κ3) is 9.61. The van der Waals surface area contributed by atoms with Crippen molar-refractivity contribution in [1.82, 2.24) is 0 Å². The van der Waals surface area contributed by atoms with Crippen LogP contribution in [0, 0.1) is 5.92 Å². The zero-order valence-electron chi connectivity index (χ0n) is 14.3. The van der Waals surface area contributed by atoms with Crippen LogP contribution in [0.25, 0.3) is 0 Å². The van der Waals surface area contributed by atoms with Crippen LogP contribution in [0.2, 0.25) is 0 Å². The third-order valence-electron chi connectivity index (χ3n) is 4.88. The molecule has 1 rings (SSSR count). The van der Waals surface area contributed by atoms with Crippen LogP contribution in [0.5, 0.6) is 0 Å². The van der Waals surface area contributed by atoms with Gasteiger partial charge in [0, 0.05) is 0 Å². The first-order valence-electron chi connectivity index (χ1n) is 9.50. The van der Waals surface area contributed by atoms with Crippen LogP contribution < -0.4 is 0 Å². The van der Waals surface area contributed by atoms with Gasteiger partial charge in [0.15, 0.2) is 0 Å². The van der Waals surface area contributed by atoms with Gasteiger partial charge in [-0.25, -0.2) is 0 Å². The number of rotatable bonds is 12. The smallest absolute Gasteiger partial charge is 0.0320 e. The molecule has 0 nitrogen and oxygen atoms in total. The lowest BCUT2D eigenvalue weighted by Crippen LogP contribution is -1.94. The summed E-state index contributed by atoms with van der Waals surface area (Å²) < 4.78 is 0. The van der Waals surface area contributed by atoms with Gasteiger partial charge < -0.3 is 0 Å². The Morgan fingerprint density at radius 1 is 0.850 bits per heavy atom. The molecule has 0 amide bonds. The summed E-state index contributed by atoms with van der Waals surface area (Å²) in [5.41, 5.74) is 1.75. The highest BCUT2D eigenvalue weighted by Crippen LogP contribution is 2.25. The first kappa shape index (κ1) is 17.8. The fourth-order valence-electron chi connectivity index (χ4n) is 3.40. The molecule has 0 aliphatic heterocycles. The van der Waals surface area contributed by atoms with Gasteiger partial charge >= 0.3 is 0 Å². The predicted molar refractivity (Wildman–Crippen MR) is 92.2 cm³/mol. The molecule has 0 aromatic rings. The second-order valence-corrected chi connectivity index (χ2v) is 7.02. The molecule has 0 N–H and O–H groups in total. The molecule has 1 fully saturated rings. The minimum absolute atomic E-state index is 0.951. The molecular formula is C20H38. The molecule has 118 valence electrons. The minimum atomic E-state index is 0.951. The van der Waals surface area contributed by atoms with E-state index in [1.54, 1.807) is 5.57 Å². The molecule has 0 aromatic heterocycles. The number of hydrogen-bond donors (Lipinski definition) is 0. The molecule has 1 saturated carbocycles. The Hall–Kier alpha value is -0.260. The fraction of sp³-hybridized carbons (Fsp3) is 0.900. The third-order valence-corrected chi connectivity index (χ3v) is 4.88. The summed E-state index contributed by atoms with van der Waals surface area (Å²) in [7, 11) is 0. The van der Waals surface area contributed by atoms with E-state index in [0.717, 1.165) is 5.92 Å². The highest BCUT2D eigenvalue weighted by atomic mass is 14.1. The topological polar surface area (TPSA) is 0 Å². The van der Waals surface area contributed by atoms with Crippen LogP contribution in [0.3, 0.4) is 0 Å². The average Bonchev–Trinajstić information content (AvgIpc) is 2.96. The second-order valence-electron chi connectivity index (χ2n) is 7.02. The Kier molecular flexibility index (Phi) is 11.1. The molecular weight excluding hydrogens is 240 g/mol. The van der Waals surface area contributed by atoms with Crippen LogP contribution in [0.1, 0.15) is 110 Å². The van der Waals surface area contributed by atoms with Crippen LogP contribution in [0.4, 0.5) is 0 Å². The van der Waals surface area contributed by atoms with Gasteiger partial charge in [-0.1, -0.05) is 83.3 Å². The van der Waals surface area contributed by atoms with Crippen molar-refractivity contribution in [3.63, 3.8) is 0 Å². The maximum Gasteiger partial charge on any atom is -0.0320 e. The van der Waals surface area contributed by atoms with Crippen molar-refractivity contribution >= 4 is 0 Å². The molecule has 0 saturated heterocycles. The van der Waals surface area contributed by atoms with Gasteiger partial charge in [0.05, 0.1) is 0 Å². The SMILES string of the molecule is CCCCCCCCCC(C)CCCC=C1CCCC1. The molecule has 20 heavy (non-hydrogen) atoms. The molecule has 0 spiro atoms. The van der Waals surface area contributed by atoms with Gasteiger partial charge in [-0.05, 0) is 44.4 Å². The number of unbranched alkanes of at least 4 members (excludes halogenated alkanes) is 7. The maximum absolute atomic E-state index is 2.55. The van der Waals surface area contributed by atoms with Crippen molar-refractivity contribution in [3.8, 4) is 0 Å². The first-order valence-corrected chi connectivity index (χ1v) is 9.50. The van der Waals surface area contributed by atoms with Gasteiger partial charge in [0.1, 0.15) is 0 Å². The van der Waals surface area contributed by atoms with Crippen molar-refractivity contribution in [2.24, 2.45) is 5.92 Å². The molecule has 0 bridgehead atoms. The predicted octanol–water partition coefficient (Wildman–Crippen LogP) is 7.43. The minimum Gasteiger partial charge on any atom is -0.0853 e. The molecule has 0 radical (unpaired) electrons. The number of hydrogen-bond acceptors (Lipinski definition) is 0. The number of allylic oxidation sites excluding steroid dienone is 2. The lowest BCUT2D eigenvalue weighted by molar-refractivity contribution is 0.444. The van der Waals surface area contributed by atoms with E-state index in [1.165, 1.54) is 96.3 Å². The van der Waals surface area contributed by atoms with Gasteiger partial charge in [0.25, 0.3) is 0 Å². The van der Waals surface area contributed by atoms with Crippen LogP contribution in [0.15, 0.2) is 11.6 Å². The monoisotopic (exact) mass is 278 g/mol. The molecule has 0 heteroatoms. The largest absolute Gasteiger partial charge is 0.0853 e. The summed E-state index contributed by atoms with van der Waals surface area (Å²) in [6.07, 6.45) is 24.0. The van der Waals surface area contributed by atoms with Crippen molar-refractivity contribution in [3.05, 3.63) is 11.6 Å². The summed E-state index contributed by atoms with van der Waals surface area (Å²) in [5.74, 6) is 0.951. The molecule has 1 unspecified atom stereocenters. The van der Waals surface area contributed by atoms with Crippen LogP contribution in [-0.2, 0) is 0 Å². The van der Waals surface area contributed by atoms with E-state index in [0.29, 0.717) is 0 Å². The van der Waals surface area contributed by atoms with E-state index in [9.17, 15) is 0 Å². The maximum atomic E-state index is 2.55. The van der Waals surface area contributed by atoms with Gasteiger partial charge in [-0.3, -0.25) is 0 Å². The Balaban J connectivity index is 1.85. The van der Waals surface area contributed by atoms with Crippen molar-refractivity contribution in [1.29, 1.82) is 0 Å². The lowest BCUT2D eigenvalue weighted by Gasteiger charge is -2.10. The molecule has 1 atom stereocenters. The quantitative estimate of drug-likeness (QED) is 0.257. The Morgan fingerprint density at radius 3 is 2.15 bits per heavy atom. The molecule has 1 aliphatic rings. The van der Waals surface area contributed by atoms with E-state index < -0.39 is 0 Å². The Bertz CT molecular complexity index is 230. The normalized spacial score (nSPS) is 16.6. The average molecular weight is 279 g/mol. The van der Waals surface area contributed by atoms with E-state index in [-0.39, 0.29) is 0 Å². The van der Waals surface area contributed by atoms with E-state index in [1.807, 2.05) is 0 Å². The highest BCUT2D eigenvalue weighted by molar-refractivity contribution is 5.05. The fourth-order valence-corrected chi connectivity index (χ4v) is 3.40. The Morgan fingerprint density at radius 2 is 1.45 bits per heavy atom. The van der Waals surface area contributed by atoms with Crippen LogP contribution in [-0.4, -0.2) is 0 Å². The zero-order valence-corrected chi connectivity index (χ0v) is 14.3. The summed E-state index contributed by atoms with van der Waals surface area (Å²) >= 11 is 0. The van der Waals surface area contributed by atoms with E-state index in [2.05, 4.69) is 19.9 Å². The Labute approximate surface area is 128 Å². The zero-order chi connectivity index (χ0) is 14.5. The summed E-state index contributed by atoms with van der Waals surface area (Å²) in [6.45, 7) is 4.75. The summed E-state index contributed by atoms with van der Waals surface area (Å²) in [6, 6.07) is 0. The van der Waals surface area contributed by atoms with E-state index >= 15 is 0 Å². The van der Waals surface area contributed by atoms with Crippen molar-refractivity contribution < 1.29 is 0 Å². The van der Waals surface area contributed by atoms with Crippen molar-refractivity contribution in [2.75, 3.05) is 0 Å².